The molecule has 1 aliphatic rings. The maximum Gasteiger partial charge on any atom is 0.230 e. The number of amides is 1. The summed E-state index contributed by atoms with van der Waals surface area (Å²) < 4.78 is 14.7. The number of hydrogen-bond donors (Lipinski definition) is 2. The second-order valence-electron chi connectivity index (χ2n) is 6.92. The minimum absolute atomic E-state index is 0.0312. The molecule has 140 valence electrons. The lowest BCUT2D eigenvalue weighted by Gasteiger charge is -2.34. The van der Waals surface area contributed by atoms with Crippen molar-refractivity contribution in [2.75, 3.05) is 11.6 Å². The highest BCUT2D eigenvalue weighted by molar-refractivity contribution is 7.99. The lowest BCUT2D eigenvalue weighted by molar-refractivity contribution is -0.120. The first kappa shape index (κ1) is 18.7. The maximum atomic E-state index is 13.4. The SMILES string of the molecule is C[C@H]1[C@@H](NC(=O)CSc2nnc(-c3cccc(F)c3)n2N)CCC[C@@H]1C. The van der Waals surface area contributed by atoms with Crippen molar-refractivity contribution in [3.63, 3.8) is 0 Å². The molecular weight excluding hydrogens is 353 g/mol. The summed E-state index contributed by atoms with van der Waals surface area (Å²) in [7, 11) is 0. The average Bonchev–Trinajstić information content (AvgIpc) is 2.98. The molecule has 1 aliphatic carbocycles. The van der Waals surface area contributed by atoms with Gasteiger partial charge in [0.15, 0.2) is 5.82 Å². The average molecular weight is 377 g/mol. The van der Waals surface area contributed by atoms with Crippen LogP contribution in [0.1, 0.15) is 33.1 Å². The van der Waals surface area contributed by atoms with Gasteiger partial charge < -0.3 is 11.2 Å². The van der Waals surface area contributed by atoms with E-state index in [1.165, 1.54) is 35.0 Å². The van der Waals surface area contributed by atoms with E-state index in [1.807, 2.05) is 0 Å². The van der Waals surface area contributed by atoms with Gasteiger partial charge >= 0.3 is 0 Å². The smallest absolute Gasteiger partial charge is 0.230 e. The largest absolute Gasteiger partial charge is 0.352 e. The lowest BCUT2D eigenvalue weighted by atomic mass is 9.78. The van der Waals surface area contributed by atoms with Crippen molar-refractivity contribution in [3.05, 3.63) is 30.1 Å². The standard InChI is InChI=1S/C18H24FN5OS/c1-11-5-3-8-15(12(11)2)21-16(25)10-26-18-23-22-17(24(18)20)13-6-4-7-14(19)9-13/h4,6-7,9,11-12,15H,3,5,8,10,20H2,1-2H3,(H,21,25)/t11-,12+,15-/m0/s1. The van der Waals surface area contributed by atoms with Crippen LogP contribution in [0.3, 0.4) is 0 Å². The van der Waals surface area contributed by atoms with Crippen molar-refractivity contribution in [2.24, 2.45) is 11.8 Å². The number of halogens is 1. The van der Waals surface area contributed by atoms with Crippen molar-refractivity contribution in [1.82, 2.24) is 20.2 Å². The van der Waals surface area contributed by atoms with E-state index in [-0.39, 0.29) is 23.5 Å². The van der Waals surface area contributed by atoms with Gasteiger partial charge in [-0.15, -0.1) is 10.2 Å². The van der Waals surface area contributed by atoms with Crippen LogP contribution in [0.5, 0.6) is 0 Å². The molecule has 0 bridgehead atoms. The normalized spacial score (nSPS) is 23.0. The van der Waals surface area contributed by atoms with Crippen molar-refractivity contribution in [2.45, 2.75) is 44.3 Å². The Hall–Kier alpha value is -2.09. The molecule has 3 N–H and O–H groups in total. The molecule has 1 fully saturated rings. The summed E-state index contributed by atoms with van der Waals surface area (Å²) in [6, 6.07) is 6.23. The summed E-state index contributed by atoms with van der Waals surface area (Å²) in [5.74, 6) is 7.31. The van der Waals surface area contributed by atoms with Crippen LogP contribution in [0.25, 0.3) is 11.4 Å². The topological polar surface area (TPSA) is 85.8 Å². The Labute approximate surface area is 156 Å². The van der Waals surface area contributed by atoms with Crippen LogP contribution in [-0.2, 0) is 4.79 Å². The molecule has 0 saturated heterocycles. The van der Waals surface area contributed by atoms with Gasteiger partial charge in [0, 0.05) is 11.6 Å². The molecule has 0 aliphatic heterocycles. The number of nitrogens with two attached hydrogens (primary N) is 1. The molecule has 0 radical (unpaired) electrons. The Bertz CT molecular complexity index is 781. The minimum Gasteiger partial charge on any atom is -0.352 e. The fourth-order valence-corrected chi connectivity index (χ4v) is 4.03. The molecule has 2 aromatic rings. The number of carbonyl (C=O) groups excluding carboxylic acids is 1. The Morgan fingerprint density at radius 3 is 2.96 bits per heavy atom. The molecule has 3 rings (SSSR count). The predicted molar refractivity (Wildman–Crippen MR) is 100 cm³/mol. The minimum atomic E-state index is -0.366. The number of aromatic nitrogens is 3. The van der Waals surface area contributed by atoms with E-state index in [1.54, 1.807) is 12.1 Å². The number of carbonyl (C=O) groups is 1. The van der Waals surface area contributed by atoms with Crippen molar-refractivity contribution < 1.29 is 9.18 Å². The fraction of sp³-hybridized carbons (Fsp3) is 0.500. The third kappa shape index (κ3) is 4.17. The van der Waals surface area contributed by atoms with Gasteiger partial charge in [0.25, 0.3) is 0 Å². The van der Waals surface area contributed by atoms with Gasteiger partial charge in [-0.05, 0) is 30.4 Å². The summed E-state index contributed by atoms with van der Waals surface area (Å²) in [5, 5.41) is 11.6. The van der Waals surface area contributed by atoms with Gasteiger partial charge in [0.1, 0.15) is 5.82 Å². The van der Waals surface area contributed by atoms with Gasteiger partial charge in [-0.1, -0.05) is 50.6 Å². The van der Waals surface area contributed by atoms with Gasteiger partial charge in [0.05, 0.1) is 5.75 Å². The zero-order valence-electron chi connectivity index (χ0n) is 15.0. The molecule has 3 atom stereocenters. The molecule has 6 nitrogen and oxygen atoms in total. The van der Waals surface area contributed by atoms with Gasteiger partial charge in [-0.3, -0.25) is 4.79 Å². The third-order valence-electron chi connectivity index (χ3n) is 5.13. The quantitative estimate of drug-likeness (QED) is 0.618. The van der Waals surface area contributed by atoms with E-state index < -0.39 is 0 Å². The molecule has 0 unspecified atom stereocenters. The highest BCUT2D eigenvalue weighted by Crippen LogP contribution is 2.29. The predicted octanol–water partition coefficient (Wildman–Crippen LogP) is 2.83. The third-order valence-corrected chi connectivity index (χ3v) is 6.08. The first-order valence-electron chi connectivity index (χ1n) is 8.84. The van der Waals surface area contributed by atoms with Crippen molar-refractivity contribution >= 4 is 17.7 Å². The highest BCUT2D eigenvalue weighted by atomic mass is 32.2. The van der Waals surface area contributed by atoms with E-state index >= 15 is 0 Å². The van der Waals surface area contributed by atoms with Crippen molar-refractivity contribution in [3.8, 4) is 11.4 Å². The lowest BCUT2D eigenvalue weighted by Crippen LogP contribution is -2.44. The fourth-order valence-electron chi connectivity index (χ4n) is 3.36. The zero-order chi connectivity index (χ0) is 18.7. The highest BCUT2D eigenvalue weighted by Gasteiger charge is 2.28. The van der Waals surface area contributed by atoms with E-state index in [4.69, 9.17) is 5.84 Å². The molecular formula is C18H24FN5OS. The van der Waals surface area contributed by atoms with Crippen LogP contribution >= 0.6 is 11.8 Å². The Balaban J connectivity index is 1.59. The number of thioether (sulfide) groups is 1. The number of benzene rings is 1. The van der Waals surface area contributed by atoms with E-state index in [9.17, 15) is 9.18 Å². The molecule has 26 heavy (non-hydrogen) atoms. The van der Waals surface area contributed by atoms with Crippen LogP contribution in [0.2, 0.25) is 0 Å². The van der Waals surface area contributed by atoms with Crippen LogP contribution in [0.15, 0.2) is 29.4 Å². The molecule has 1 amide bonds. The number of nitrogens with zero attached hydrogens (tertiary/aromatic N) is 3. The van der Waals surface area contributed by atoms with Gasteiger partial charge in [-0.2, -0.15) is 0 Å². The summed E-state index contributed by atoms with van der Waals surface area (Å²) in [5.41, 5.74) is 0.543. The Kier molecular flexibility index (Phi) is 5.80. The first-order valence-corrected chi connectivity index (χ1v) is 9.83. The summed E-state index contributed by atoms with van der Waals surface area (Å²) in [6.45, 7) is 4.44. The molecule has 1 aromatic carbocycles. The van der Waals surface area contributed by atoms with Crippen molar-refractivity contribution in [1.29, 1.82) is 0 Å². The van der Waals surface area contributed by atoms with E-state index in [2.05, 4.69) is 29.4 Å². The van der Waals surface area contributed by atoms with Crippen LogP contribution in [0, 0.1) is 17.7 Å². The van der Waals surface area contributed by atoms with Crippen LogP contribution < -0.4 is 11.2 Å². The summed E-state index contributed by atoms with van der Waals surface area (Å²) in [4.78, 5) is 12.3. The van der Waals surface area contributed by atoms with Crippen LogP contribution in [-0.4, -0.2) is 32.6 Å². The monoisotopic (exact) mass is 377 g/mol. The number of rotatable bonds is 5. The molecule has 1 aromatic heterocycles. The molecule has 8 heteroatoms. The molecule has 1 saturated carbocycles. The second kappa shape index (κ2) is 8.07. The number of nitrogens with one attached hydrogen (secondary N) is 1. The Morgan fingerprint density at radius 2 is 2.19 bits per heavy atom. The number of hydrogen-bond acceptors (Lipinski definition) is 5. The molecule has 0 spiro atoms. The molecule has 1 heterocycles. The second-order valence-corrected chi connectivity index (χ2v) is 7.86. The van der Waals surface area contributed by atoms with E-state index in [0.29, 0.717) is 28.4 Å². The first-order chi connectivity index (χ1) is 12.5. The zero-order valence-corrected chi connectivity index (χ0v) is 15.8. The summed E-state index contributed by atoms with van der Waals surface area (Å²) in [6.07, 6.45) is 3.40. The van der Waals surface area contributed by atoms with Crippen LogP contribution in [0.4, 0.5) is 4.39 Å². The van der Waals surface area contributed by atoms with E-state index in [0.717, 1.165) is 12.8 Å². The van der Waals surface area contributed by atoms with Gasteiger partial charge in [-0.25, -0.2) is 9.07 Å². The Morgan fingerprint density at radius 1 is 1.38 bits per heavy atom. The van der Waals surface area contributed by atoms with Gasteiger partial charge in [0.2, 0.25) is 11.1 Å². The summed E-state index contributed by atoms with van der Waals surface area (Å²) >= 11 is 1.22. The maximum absolute atomic E-state index is 13.4. The number of nitrogen functional groups attached to an aromatic ring is 1.